The summed E-state index contributed by atoms with van der Waals surface area (Å²) in [6.07, 6.45) is 4.11. The Labute approximate surface area is 341 Å². The van der Waals surface area contributed by atoms with E-state index in [0.29, 0.717) is 62.4 Å². The molecule has 2 fully saturated rings. The molecular formula is C44H57N7O7. The minimum Gasteiger partial charge on any atom is -0.444 e. The predicted molar refractivity (Wildman–Crippen MR) is 218 cm³/mol. The van der Waals surface area contributed by atoms with Crippen LogP contribution in [0.2, 0.25) is 0 Å². The fourth-order valence-electron chi connectivity index (χ4n) is 7.04. The number of nitrogens with zero attached hydrogens (tertiary/aromatic N) is 3. The first-order valence-electron chi connectivity index (χ1n) is 20.1. The van der Waals surface area contributed by atoms with E-state index in [4.69, 9.17) is 9.47 Å². The summed E-state index contributed by atoms with van der Waals surface area (Å²) in [7, 11) is 0. The molecule has 0 radical (unpaired) electrons. The highest BCUT2D eigenvalue weighted by atomic mass is 16.6. The number of carbonyl (C=O) groups excluding carboxylic acids is 5. The molecule has 3 aromatic rings. The molecule has 4 N–H and O–H groups in total. The summed E-state index contributed by atoms with van der Waals surface area (Å²) in [6, 6.07) is 14.1. The summed E-state index contributed by atoms with van der Waals surface area (Å²) in [5.41, 5.74) is 1.63. The van der Waals surface area contributed by atoms with Gasteiger partial charge in [0.05, 0.1) is 12.2 Å². The number of alkyl carbamates (subject to hydrolysis) is 2. The molecule has 5 amide bonds. The Morgan fingerprint density at radius 2 is 1.47 bits per heavy atom. The van der Waals surface area contributed by atoms with Crippen molar-refractivity contribution in [1.29, 1.82) is 0 Å². The van der Waals surface area contributed by atoms with Crippen molar-refractivity contribution in [3.05, 3.63) is 89.0 Å². The number of nitrogens with one attached hydrogen (secondary N) is 4. The van der Waals surface area contributed by atoms with Crippen LogP contribution in [0.25, 0.3) is 0 Å². The fourth-order valence-corrected chi connectivity index (χ4v) is 7.04. The lowest BCUT2D eigenvalue weighted by molar-refractivity contribution is -0.140. The Balaban J connectivity index is 1.13. The molecule has 2 aromatic carbocycles. The maximum absolute atomic E-state index is 13.9. The average Bonchev–Trinajstić information content (AvgIpc) is 3.96. The second-order valence-electron chi connectivity index (χ2n) is 16.6. The van der Waals surface area contributed by atoms with Crippen LogP contribution in [0.5, 0.6) is 0 Å². The lowest BCUT2D eigenvalue weighted by Gasteiger charge is -2.29. The van der Waals surface area contributed by atoms with Crippen LogP contribution in [-0.2, 0) is 30.3 Å². The van der Waals surface area contributed by atoms with Gasteiger partial charge >= 0.3 is 12.2 Å². The van der Waals surface area contributed by atoms with E-state index in [2.05, 4.69) is 37.8 Å². The van der Waals surface area contributed by atoms with Crippen LogP contribution >= 0.6 is 0 Å². The van der Waals surface area contributed by atoms with Gasteiger partial charge in [0.25, 0.3) is 5.91 Å². The highest BCUT2D eigenvalue weighted by Gasteiger charge is 2.39. The Morgan fingerprint density at radius 3 is 2.12 bits per heavy atom. The van der Waals surface area contributed by atoms with Crippen LogP contribution in [0.4, 0.5) is 9.59 Å². The van der Waals surface area contributed by atoms with Gasteiger partial charge < -0.3 is 40.2 Å². The molecule has 310 valence electrons. The predicted octanol–water partition coefficient (Wildman–Crippen LogP) is 5.69. The quantitative estimate of drug-likeness (QED) is 0.179. The largest absolute Gasteiger partial charge is 0.444 e. The van der Waals surface area contributed by atoms with Gasteiger partial charge in [0.15, 0.2) is 0 Å². The molecule has 1 aromatic heterocycles. The molecular weight excluding hydrogens is 739 g/mol. The molecule has 0 spiro atoms. The van der Waals surface area contributed by atoms with Crippen molar-refractivity contribution in [1.82, 2.24) is 35.7 Å². The van der Waals surface area contributed by atoms with Gasteiger partial charge in [-0.05, 0) is 109 Å². The van der Waals surface area contributed by atoms with Crippen molar-refractivity contribution >= 4 is 29.9 Å². The van der Waals surface area contributed by atoms with E-state index in [1.807, 2.05) is 37.3 Å². The Morgan fingerprint density at radius 1 is 0.828 bits per heavy atom. The summed E-state index contributed by atoms with van der Waals surface area (Å²) < 4.78 is 10.8. The first kappa shape index (κ1) is 43.3. The Kier molecular flexibility index (Phi) is 14.2. The minimum atomic E-state index is -0.996. The van der Waals surface area contributed by atoms with Crippen LogP contribution in [0.3, 0.4) is 0 Å². The van der Waals surface area contributed by atoms with E-state index in [1.54, 1.807) is 81.8 Å². The molecule has 4 atom stereocenters. The average molecular weight is 796 g/mol. The highest BCUT2D eigenvalue weighted by molar-refractivity contribution is 5.92. The number of hydrogen-bond donors (Lipinski definition) is 4. The van der Waals surface area contributed by atoms with Gasteiger partial charge in [-0.15, -0.1) is 0 Å². The monoisotopic (exact) mass is 795 g/mol. The fraction of sp³-hybridized carbons (Fsp3) is 0.500. The first-order valence-corrected chi connectivity index (χ1v) is 20.1. The molecule has 3 heterocycles. The van der Waals surface area contributed by atoms with Crippen LogP contribution in [0.15, 0.2) is 60.8 Å². The summed E-state index contributed by atoms with van der Waals surface area (Å²) in [5.74, 6) is 6.18. The van der Waals surface area contributed by atoms with Crippen molar-refractivity contribution in [2.24, 2.45) is 0 Å². The zero-order valence-corrected chi connectivity index (χ0v) is 34.6. The van der Waals surface area contributed by atoms with Crippen molar-refractivity contribution in [3.8, 4) is 11.8 Å². The molecule has 0 bridgehead atoms. The molecule has 2 saturated heterocycles. The van der Waals surface area contributed by atoms with E-state index < -0.39 is 41.5 Å². The third kappa shape index (κ3) is 12.1. The van der Waals surface area contributed by atoms with E-state index in [1.165, 1.54) is 0 Å². The molecule has 2 aliphatic heterocycles. The third-order valence-electron chi connectivity index (χ3n) is 9.73. The van der Waals surface area contributed by atoms with E-state index in [9.17, 15) is 24.0 Å². The second kappa shape index (κ2) is 19.1. The smallest absolute Gasteiger partial charge is 0.408 e. The van der Waals surface area contributed by atoms with Crippen molar-refractivity contribution in [2.75, 3.05) is 19.6 Å². The Bertz CT molecular complexity index is 1970. The van der Waals surface area contributed by atoms with Crippen LogP contribution in [0, 0.1) is 11.8 Å². The van der Waals surface area contributed by atoms with E-state index in [0.717, 1.165) is 24.0 Å². The molecule has 14 heteroatoms. The van der Waals surface area contributed by atoms with Gasteiger partial charge in [-0.2, -0.15) is 0 Å². The number of hydrogen-bond acceptors (Lipinski definition) is 8. The normalized spacial score (nSPS) is 17.7. The maximum Gasteiger partial charge on any atom is 0.408 e. The second-order valence-corrected chi connectivity index (χ2v) is 16.6. The third-order valence-corrected chi connectivity index (χ3v) is 9.73. The summed E-state index contributed by atoms with van der Waals surface area (Å²) in [5, 5.41) is 8.44. The minimum absolute atomic E-state index is 0.170. The number of benzene rings is 2. The standard InChI is InChI=1S/C44H57N7O7/c1-8-33(48-41(55)57-43(2,3)4)39(53)50-26-12-16-34(50)37-46-28-32(47-37)23-22-29-18-20-30(21-19-29)24-25-45-38(52)35-17-13-27-51(35)40(54)36(31-14-10-9-11-15-31)49-42(56)58-44(5,6)7/h9-11,14-15,18-21,28,33-36H,8,12-13,16-17,24-27H2,1-7H3,(H,45,52)(H,46,47)(H,48,55)(H,49,56). The number of ether oxygens (including phenoxy) is 2. The zero-order chi connectivity index (χ0) is 42.0. The van der Waals surface area contributed by atoms with Crippen LogP contribution in [0.1, 0.15) is 121 Å². The summed E-state index contributed by atoms with van der Waals surface area (Å²) in [6.45, 7) is 13.8. The number of carbonyl (C=O) groups is 5. The van der Waals surface area contributed by atoms with Gasteiger partial charge in [-0.3, -0.25) is 14.4 Å². The topological polar surface area (TPSA) is 175 Å². The molecule has 0 aliphatic carbocycles. The van der Waals surface area contributed by atoms with E-state index >= 15 is 0 Å². The molecule has 58 heavy (non-hydrogen) atoms. The van der Waals surface area contributed by atoms with Crippen LogP contribution < -0.4 is 16.0 Å². The number of H-pyrrole nitrogens is 1. The number of likely N-dealkylation sites (tertiary alicyclic amines) is 2. The van der Waals surface area contributed by atoms with Crippen molar-refractivity contribution < 1.29 is 33.4 Å². The molecule has 14 nitrogen and oxygen atoms in total. The van der Waals surface area contributed by atoms with E-state index in [-0.39, 0.29) is 23.8 Å². The number of imidazole rings is 1. The number of aromatic amines is 1. The van der Waals surface area contributed by atoms with Gasteiger partial charge in [-0.25, -0.2) is 14.6 Å². The molecule has 4 unspecified atom stereocenters. The lowest BCUT2D eigenvalue weighted by Crippen LogP contribution is -2.50. The highest BCUT2D eigenvalue weighted by Crippen LogP contribution is 2.31. The number of aromatic nitrogens is 2. The SMILES string of the molecule is CCC(NC(=O)OC(C)(C)C)C(=O)N1CCCC1c1ncc(C#Cc2ccc(CCNC(=O)C3CCCN3C(=O)C(NC(=O)OC(C)(C)C)c3ccccc3)cc2)[nH]1. The molecule has 2 aliphatic rings. The summed E-state index contributed by atoms with van der Waals surface area (Å²) in [4.78, 5) is 76.9. The Hall–Kier alpha value is -5.84. The van der Waals surface area contributed by atoms with Gasteiger partial charge in [0, 0.05) is 25.2 Å². The van der Waals surface area contributed by atoms with Gasteiger partial charge in [0.1, 0.15) is 40.8 Å². The number of amides is 5. The summed E-state index contributed by atoms with van der Waals surface area (Å²) >= 11 is 0. The maximum atomic E-state index is 13.9. The van der Waals surface area contributed by atoms with Gasteiger partial charge in [0.2, 0.25) is 11.8 Å². The van der Waals surface area contributed by atoms with Crippen molar-refractivity contribution in [2.45, 2.75) is 122 Å². The first-order chi connectivity index (χ1) is 27.5. The zero-order valence-electron chi connectivity index (χ0n) is 34.6. The molecule has 5 rings (SSSR count). The molecule has 0 saturated carbocycles. The van der Waals surface area contributed by atoms with Gasteiger partial charge in [-0.1, -0.05) is 55.3 Å². The lowest BCUT2D eigenvalue weighted by atomic mass is 10.0. The van der Waals surface area contributed by atoms with Crippen LogP contribution in [-0.4, -0.2) is 92.6 Å². The number of rotatable bonds is 11. The van der Waals surface area contributed by atoms with Crippen molar-refractivity contribution in [3.63, 3.8) is 0 Å².